The van der Waals surface area contributed by atoms with Crippen LogP contribution in [0.5, 0.6) is 0 Å². The highest BCUT2D eigenvalue weighted by atomic mass is 35.5. The van der Waals surface area contributed by atoms with Gasteiger partial charge < -0.3 is 0 Å². The molecule has 1 unspecified atom stereocenters. The first-order valence-corrected chi connectivity index (χ1v) is 6.65. The third kappa shape index (κ3) is 3.04. The van der Waals surface area contributed by atoms with E-state index in [2.05, 4.69) is 21.4 Å². The van der Waals surface area contributed by atoms with E-state index in [-0.39, 0.29) is 11.9 Å². The van der Waals surface area contributed by atoms with Crippen LogP contribution in [0.2, 0.25) is 4.34 Å². The Bertz CT molecular complexity index is 514. The molecular formula is C12H13ClFN3S. The van der Waals surface area contributed by atoms with Gasteiger partial charge in [0.1, 0.15) is 15.8 Å². The molecule has 1 heterocycles. The Labute approximate surface area is 114 Å². The number of hydrogen-bond acceptors (Lipinski definition) is 4. The van der Waals surface area contributed by atoms with Crippen LogP contribution >= 0.6 is 23.1 Å². The fourth-order valence-corrected chi connectivity index (χ4v) is 2.27. The molecule has 1 aromatic carbocycles. The Morgan fingerprint density at radius 1 is 1.39 bits per heavy atom. The smallest absolute Gasteiger partial charge is 0.138 e. The second-order valence-electron chi connectivity index (χ2n) is 4.14. The van der Waals surface area contributed by atoms with Gasteiger partial charge in [-0.05, 0) is 31.7 Å². The lowest BCUT2D eigenvalue weighted by Crippen LogP contribution is -2.22. The predicted molar refractivity (Wildman–Crippen MR) is 71.2 cm³/mol. The monoisotopic (exact) mass is 285 g/mol. The van der Waals surface area contributed by atoms with Crippen LogP contribution in [0.15, 0.2) is 24.3 Å². The Kier molecular flexibility index (Phi) is 4.27. The highest BCUT2D eigenvalue weighted by molar-refractivity contribution is 7.10. The van der Waals surface area contributed by atoms with Gasteiger partial charge in [-0.15, -0.1) is 5.10 Å². The van der Waals surface area contributed by atoms with Crippen LogP contribution in [0.1, 0.15) is 24.2 Å². The van der Waals surface area contributed by atoms with Gasteiger partial charge in [0.05, 0.1) is 0 Å². The molecule has 0 aliphatic carbocycles. The molecule has 0 saturated heterocycles. The van der Waals surface area contributed by atoms with Gasteiger partial charge >= 0.3 is 0 Å². The van der Waals surface area contributed by atoms with Crippen LogP contribution in [0, 0.1) is 5.82 Å². The number of hydrogen-bond donors (Lipinski definition) is 0. The molecule has 2 aromatic rings. The van der Waals surface area contributed by atoms with Crippen LogP contribution in [0.3, 0.4) is 0 Å². The topological polar surface area (TPSA) is 29.0 Å². The predicted octanol–water partition coefficient (Wildman–Crippen LogP) is 3.52. The maximum atomic E-state index is 12.9. The van der Waals surface area contributed by atoms with Gasteiger partial charge in [0.2, 0.25) is 0 Å². The molecule has 18 heavy (non-hydrogen) atoms. The van der Waals surface area contributed by atoms with Crippen molar-refractivity contribution in [1.82, 2.24) is 14.5 Å². The zero-order valence-electron chi connectivity index (χ0n) is 10.1. The van der Waals surface area contributed by atoms with Gasteiger partial charge in [-0.25, -0.2) is 4.39 Å². The number of benzene rings is 1. The third-order valence-electron chi connectivity index (χ3n) is 2.92. The van der Waals surface area contributed by atoms with Crippen molar-refractivity contribution in [3.05, 3.63) is 45.7 Å². The van der Waals surface area contributed by atoms with Crippen molar-refractivity contribution >= 4 is 23.1 Å². The molecule has 6 heteroatoms. The zero-order chi connectivity index (χ0) is 13.1. The fourth-order valence-electron chi connectivity index (χ4n) is 1.66. The van der Waals surface area contributed by atoms with E-state index in [1.807, 2.05) is 7.05 Å². The molecule has 0 saturated carbocycles. The molecule has 1 aromatic heterocycles. The molecule has 0 aliphatic heterocycles. The minimum atomic E-state index is -0.222. The first kappa shape index (κ1) is 13.4. The molecule has 0 spiro atoms. The molecule has 96 valence electrons. The average molecular weight is 286 g/mol. The molecule has 0 fully saturated rings. The number of rotatable bonds is 4. The Morgan fingerprint density at radius 2 is 2.06 bits per heavy atom. The normalized spacial score (nSPS) is 12.9. The lowest BCUT2D eigenvalue weighted by molar-refractivity contribution is 0.250. The van der Waals surface area contributed by atoms with E-state index >= 15 is 0 Å². The van der Waals surface area contributed by atoms with Crippen LogP contribution in [0.4, 0.5) is 4.39 Å². The van der Waals surface area contributed by atoms with E-state index in [9.17, 15) is 4.39 Å². The molecule has 0 N–H and O–H groups in total. The number of aromatic nitrogens is 2. The fraction of sp³-hybridized carbons (Fsp3) is 0.333. The van der Waals surface area contributed by atoms with Crippen molar-refractivity contribution in [3.63, 3.8) is 0 Å². The van der Waals surface area contributed by atoms with Crippen LogP contribution in [-0.2, 0) is 6.54 Å². The molecule has 0 amide bonds. The van der Waals surface area contributed by atoms with Crippen LogP contribution in [0.25, 0.3) is 0 Å². The minimum Gasteiger partial charge on any atom is -0.294 e. The van der Waals surface area contributed by atoms with Crippen molar-refractivity contribution in [3.8, 4) is 0 Å². The van der Waals surface area contributed by atoms with E-state index < -0.39 is 0 Å². The second kappa shape index (κ2) is 5.73. The summed E-state index contributed by atoms with van der Waals surface area (Å²) in [6, 6.07) is 6.67. The molecule has 3 nitrogen and oxygen atoms in total. The van der Waals surface area contributed by atoms with Crippen LogP contribution < -0.4 is 0 Å². The van der Waals surface area contributed by atoms with Crippen molar-refractivity contribution in [2.75, 3.05) is 7.05 Å². The van der Waals surface area contributed by atoms with Crippen molar-refractivity contribution in [2.45, 2.75) is 19.5 Å². The highest BCUT2D eigenvalue weighted by Crippen LogP contribution is 2.24. The first-order chi connectivity index (χ1) is 8.58. The standard InChI is InChI=1S/C12H13ClFN3S/c1-8(9-3-5-10(14)6-4-9)17(2)7-11-12(13)18-16-15-11/h3-6,8H,7H2,1-2H3. The van der Waals surface area contributed by atoms with Crippen LogP contribution in [-0.4, -0.2) is 21.5 Å². The number of halogens is 2. The summed E-state index contributed by atoms with van der Waals surface area (Å²) in [4.78, 5) is 2.09. The molecule has 0 bridgehead atoms. The second-order valence-corrected chi connectivity index (χ2v) is 5.49. The van der Waals surface area contributed by atoms with E-state index in [0.29, 0.717) is 10.9 Å². The van der Waals surface area contributed by atoms with Gasteiger partial charge in [-0.3, -0.25) is 4.90 Å². The van der Waals surface area contributed by atoms with Crippen molar-refractivity contribution in [1.29, 1.82) is 0 Å². The summed E-state index contributed by atoms with van der Waals surface area (Å²) < 4.78 is 17.3. The maximum Gasteiger partial charge on any atom is 0.138 e. The summed E-state index contributed by atoms with van der Waals surface area (Å²) in [5.41, 5.74) is 1.83. The Balaban J connectivity index is 2.07. The van der Waals surface area contributed by atoms with Gasteiger partial charge in [0.25, 0.3) is 0 Å². The molecular weight excluding hydrogens is 273 g/mol. The summed E-state index contributed by atoms with van der Waals surface area (Å²) in [5.74, 6) is -0.222. The summed E-state index contributed by atoms with van der Waals surface area (Å²) in [6.45, 7) is 2.68. The van der Waals surface area contributed by atoms with E-state index in [4.69, 9.17) is 11.6 Å². The van der Waals surface area contributed by atoms with Crippen molar-refractivity contribution < 1.29 is 4.39 Å². The quantitative estimate of drug-likeness (QED) is 0.861. The van der Waals surface area contributed by atoms with Crippen molar-refractivity contribution in [2.24, 2.45) is 0 Å². The lowest BCUT2D eigenvalue weighted by Gasteiger charge is -2.24. The van der Waals surface area contributed by atoms with Gasteiger partial charge in [-0.2, -0.15) is 0 Å². The number of nitrogens with zero attached hydrogens (tertiary/aromatic N) is 3. The first-order valence-electron chi connectivity index (χ1n) is 5.50. The van der Waals surface area contributed by atoms with Gasteiger partial charge in [-0.1, -0.05) is 28.2 Å². The minimum absolute atomic E-state index is 0.156. The lowest BCUT2D eigenvalue weighted by atomic mass is 10.1. The largest absolute Gasteiger partial charge is 0.294 e. The molecule has 0 aliphatic rings. The van der Waals surface area contributed by atoms with Gasteiger partial charge in [0.15, 0.2) is 0 Å². The molecule has 2 rings (SSSR count). The summed E-state index contributed by atoms with van der Waals surface area (Å²) in [5, 5.41) is 3.98. The third-order valence-corrected chi connectivity index (χ3v) is 3.91. The molecule has 0 radical (unpaired) electrons. The summed E-state index contributed by atoms with van der Waals surface area (Å²) in [6.07, 6.45) is 0. The Hall–Kier alpha value is -1.04. The van der Waals surface area contributed by atoms with E-state index in [1.54, 1.807) is 12.1 Å². The summed E-state index contributed by atoms with van der Waals surface area (Å²) in [7, 11) is 1.98. The highest BCUT2D eigenvalue weighted by Gasteiger charge is 2.15. The summed E-state index contributed by atoms with van der Waals surface area (Å²) >= 11 is 7.16. The van der Waals surface area contributed by atoms with E-state index in [0.717, 1.165) is 11.3 Å². The average Bonchev–Trinajstić information content (AvgIpc) is 2.75. The van der Waals surface area contributed by atoms with Gasteiger partial charge in [0, 0.05) is 24.1 Å². The molecule has 1 atom stereocenters. The maximum absolute atomic E-state index is 12.9. The zero-order valence-corrected chi connectivity index (χ0v) is 11.7. The Morgan fingerprint density at radius 3 is 2.61 bits per heavy atom. The SMILES string of the molecule is CC(c1ccc(F)cc1)N(C)Cc1nnsc1Cl. The van der Waals surface area contributed by atoms with E-state index in [1.165, 1.54) is 23.7 Å².